The molecule has 1 aromatic carbocycles. The molecule has 2 aromatic rings. The van der Waals surface area contributed by atoms with Crippen molar-refractivity contribution in [3.63, 3.8) is 0 Å². The van der Waals surface area contributed by atoms with Crippen LogP contribution in [0.5, 0.6) is 0 Å². The highest BCUT2D eigenvalue weighted by atomic mass is 15.3. The van der Waals surface area contributed by atoms with Crippen molar-refractivity contribution in [2.24, 2.45) is 12.0 Å². The molecule has 27 heavy (non-hydrogen) atoms. The highest BCUT2D eigenvalue weighted by Gasteiger charge is 2.23. The van der Waals surface area contributed by atoms with Gasteiger partial charge in [0, 0.05) is 13.1 Å². The van der Waals surface area contributed by atoms with Gasteiger partial charge in [-0.3, -0.25) is 0 Å². The molecule has 144 valence electrons. The van der Waals surface area contributed by atoms with Crippen molar-refractivity contribution < 1.29 is 0 Å². The maximum absolute atomic E-state index is 4.77. The van der Waals surface area contributed by atoms with Gasteiger partial charge in [-0.05, 0) is 69.1 Å². The summed E-state index contributed by atoms with van der Waals surface area (Å²) < 4.78 is 1.99. The van der Waals surface area contributed by atoms with Gasteiger partial charge >= 0.3 is 0 Å². The van der Waals surface area contributed by atoms with Gasteiger partial charge in [0.05, 0.1) is 6.04 Å². The summed E-state index contributed by atoms with van der Waals surface area (Å²) in [7, 11) is 1.98. The highest BCUT2D eigenvalue weighted by molar-refractivity contribution is 5.80. The molecule has 1 atom stereocenters. The van der Waals surface area contributed by atoms with Crippen LogP contribution in [-0.2, 0) is 26.4 Å². The van der Waals surface area contributed by atoms with E-state index in [9.17, 15) is 0 Å². The third-order valence-corrected chi connectivity index (χ3v) is 5.71. The van der Waals surface area contributed by atoms with Crippen molar-refractivity contribution >= 4 is 5.96 Å². The molecule has 1 aromatic heterocycles. The van der Waals surface area contributed by atoms with Gasteiger partial charge in [-0.15, -0.1) is 10.2 Å². The third-order valence-electron chi connectivity index (χ3n) is 5.71. The lowest BCUT2D eigenvalue weighted by atomic mass is 9.89. The molecule has 0 aliphatic heterocycles. The molecule has 2 aliphatic carbocycles. The Morgan fingerprint density at radius 3 is 2.70 bits per heavy atom. The molecular formula is C21H30N6. The van der Waals surface area contributed by atoms with E-state index in [0.717, 1.165) is 17.6 Å². The van der Waals surface area contributed by atoms with E-state index >= 15 is 0 Å². The van der Waals surface area contributed by atoms with E-state index in [1.165, 1.54) is 55.2 Å². The summed E-state index contributed by atoms with van der Waals surface area (Å²) in [6, 6.07) is 7.72. The predicted molar refractivity (Wildman–Crippen MR) is 108 cm³/mol. The van der Waals surface area contributed by atoms with Gasteiger partial charge in [0.25, 0.3) is 0 Å². The van der Waals surface area contributed by atoms with E-state index < -0.39 is 0 Å². The summed E-state index contributed by atoms with van der Waals surface area (Å²) >= 11 is 0. The number of aryl methyl sites for hydroxylation is 3. The fourth-order valence-corrected chi connectivity index (χ4v) is 3.60. The maximum Gasteiger partial charge on any atom is 0.192 e. The summed E-state index contributed by atoms with van der Waals surface area (Å²) in [6.07, 6.45) is 7.51. The van der Waals surface area contributed by atoms with Gasteiger partial charge in [-0.1, -0.05) is 18.2 Å². The van der Waals surface area contributed by atoms with Crippen molar-refractivity contribution in [1.29, 1.82) is 0 Å². The Balaban J connectivity index is 1.47. The van der Waals surface area contributed by atoms with Crippen molar-refractivity contribution in [1.82, 2.24) is 25.4 Å². The topological polar surface area (TPSA) is 67.1 Å². The normalized spacial score (nSPS) is 18.1. The molecule has 0 amide bonds. The van der Waals surface area contributed by atoms with E-state index in [2.05, 4.69) is 46.0 Å². The monoisotopic (exact) mass is 366 g/mol. The third kappa shape index (κ3) is 4.31. The second-order valence-electron chi connectivity index (χ2n) is 7.91. The van der Waals surface area contributed by atoms with E-state index in [-0.39, 0.29) is 6.04 Å². The van der Waals surface area contributed by atoms with Crippen LogP contribution in [0.2, 0.25) is 0 Å². The van der Waals surface area contributed by atoms with Crippen molar-refractivity contribution in [2.75, 3.05) is 0 Å². The second-order valence-corrected chi connectivity index (χ2v) is 7.91. The zero-order chi connectivity index (χ0) is 18.8. The molecule has 2 N–H and O–H groups in total. The standard InChI is InChI=1S/C21H30N6/c1-14(17-9-8-16-6-4-5-7-18(16)12-17)23-21(24-19-10-11-19)22-13-20-26-25-15(2)27(20)3/h8-9,12,14,19H,4-7,10-11,13H2,1-3H3,(H2,22,23,24). The minimum atomic E-state index is 0.212. The molecule has 0 saturated heterocycles. The molecule has 0 bridgehead atoms. The first-order valence-electron chi connectivity index (χ1n) is 10.1. The summed E-state index contributed by atoms with van der Waals surface area (Å²) in [5.41, 5.74) is 4.38. The average molecular weight is 367 g/mol. The van der Waals surface area contributed by atoms with Crippen LogP contribution in [0, 0.1) is 6.92 Å². The summed E-state index contributed by atoms with van der Waals surface area (Å²) in [5.74, 6) is 2.65. The fourth-order valence-electron chi connectivity index (χ4n) is 3.60. The van der Waals surface area contributed by atoms with E-state index in [1.807, 2.05) is 18.5 Å². The van der Waals surface area contributed by atoms with E-state index in [0.29, 0.717) is 12.6 Å². The number of rotatable bonds is 5. The van der Waals surface area contributed by atoms with Crippen LogP contribution in [0.3, 0.4) is 0 Å². The van der Waals surface area contributed by atoms with Gasteiger partial charge in [-0.2, -0.15) is 0 Å². The van der Waals surface area contributed by atoms with Gasteiger partial charge in [0.15, 0.2) is 11.8 Å². The van der Waals surface area contributed by atoms with Crippen LogP contribution in [0.4, 0.5) is 0 Å². The second kappa shape index (κ2) is 7.71. The van der Waals surface area contributed by atoms with E-state index in [4.69, 9.17) is 4.99 Å². The number of hydrogen-bond donors (Lipinski definition) is 2. The Kier molecular flexibility index (Phi) is 5.14. The highest BCUT2D eigenvalue weighted by Crippen LogP contribution is 2.25. The lowest BCUT2D eigenvalue weighted by Gasteiger charge is -2.22. The predicted octanol–water partition coefficient (Wildman–Crippen LogP) is 2.96. The lowest BCUT2D eigenvalue weighted by Crippen LogP contribution is -2.40. The fraction of sp³-hybridized carbons (Fsp3) is 0.571. The molecule has 1 fully saturated rings. The molecule has 4 rings (SSSR count). The molecule has 1 heterocycles. The number of aliphatic imine (C=N–C) groups is 1. The first-order chi connectivity index (χ1) is 13.1. The van der Waals surface area contributed by atoms with Crippen LogP contribution in [0.15, 0.2) is 23.2 Å². The number of fused-ring (bicyclic) bond motifs is 1. The molecule has 0 radical (unpaired) electrons. The molecule has 6 heteroatoms. The van der Waals surface area contributed by atoms with E-state index in [1.54, 1.807) is 0 Å². The molecule has 1 saturated carbocycles. The van der Waals surface area contributed by atoms with Crippen LogP contribution in [-0.4, -0.2) is 26.8 Å². The van der Waals surface area contributed by atoms with Crippen LogP contribution < -0.4 is 10.6 Å². The Hall–Kier alpha value is -2.37. The smallest absolute Gasteiger partial charge is 0.192 e. The number of benzene rings is 1. The Bertz CT molecular complexity index is 833. The van der Waals surface area contributed by atoms with Gasteiger partial charge in [-0.25, -0.2) is 4.99 Å². The molecule has 6 nitrogen and oxygen atoms in total. The first kappa shape index (κ1) is 18.0. The summed E-state index contributed by atoms with van der Waals surface area (Å²) in [5, 5.41) is 15.5. The average Bonchev–Trinajstić information content (AvgIpc) is 3.44. The number of nitrogens with zero attached hydrogens (tertiary/aromatic N) is 4. The Labute approximate surface area is 161 Å². The molecular weight excluding hydrogens is 336 g/mol. The lowest BCUT2D eigenvalue weighted by molar-refractivity contribution is 0.661. The van der Waals surface area contributed by atoms with Crippen LogP contribution in [0.1, 0.15) is 67.0 Å². The Morgan fingerprint density at radius 1 is 1.22 bits per heavy atom. The Morgan fingerprint density at radius 2 is 2.00 bits per heavy atom. The zero-order valence-corrected chi connectivity index (χ0v) is 16.6. The minimum absolute atomic E-state index is 0.212. The van der Waals surface area contributed by atoms with Crippen molar-refractivity contribution in [3.8, 4) is 0 Å². The van der Waals surface area contributed by atoms with Crippen molar-refractivity contribution in [2.45, 2.75) is 71.0 Å². The maximum atomic E-state index is 4.77. The first-order valence-corrected chi connectivity index (χ1v) is 10.1. The summed E-state index contributed by atoms with van der Waals surface area (Å²) in [6.45, 7) is 4.69. The van der Waals surface area contributed by atoms with Gasteiger partial charge in [0.2, 0.25) is 0 Å². The minimum Gasteiger partial charge on any atom is -0.354 e. The molecule has 0 spiro atoms. The molecule has 1 unspecified atom stereocenters. The van der Waals surface area contributed by atoms with Crippen molar-refractivity contribution in [3.05, 3.63) is 46.5 Å². The van der Waals surface area contributed by atoms with Crippen LogP contribution in [0.25, 0.3) is 0 Å². The SMILES string of the molecule is Cc1nnc(CN=C(NC2CC2)NC(C)c2ccc3c(c2)CCCC3)n1C. The van der Waals surface area contributed by atoms with Gasteiger partial charge < -0.3 is 15.2 Å². The zero-order valence-electron chi connectivity index (χ0n) is 16.6. The van der Waals surface area contributed by atoms with Gasteiger partial charge in [0.1, 0.15) is 12.4 Å². The van der Waals surface area contributed by atoms with Crippen LogP contribution >= 0.6 is 0 Å². The number of nitrogens with one attached hydrogen (secondary N) is 2. The number of aromatic nitrogens is 3. The summed E-state index contributed by atoms with van der Waals surface area (Å²) in [4.78, 5) is 4.77. The largest absolute Gasteiger partial charge is 0.354 e. The quantitative estimate of drug-likeness (QED) is 0.631. The molecule has 2 aliphatic rings. The number of hydrogen-bond acceptors (Lipinski definition) is 3. The number of guanidine groups is 1.